The summed E-state index contributed by atoms with van der Waals surface area (Å²) >= 11 is 6.13. The van der Waals surface area contributed by atoms with Gasteiger partial charge in [0.05, 0.1) is 6.04 Å². The van der Waals surface area contributed by atoms with Crippen molar-refractivity contribution in [3.8, 4) is 0 Å². The minimum absolute atomic E-state index is 0.0116. The van der Waals surface area contributed by atoms with Crippen LogP contribution in [0.25, 0.3) is 0 Å². The van der Waals surface area contributed by atoms with Crippen LogP contribution in [0.5, 0.6) is 0 Å². The molecule has 0 spiro atoms. The van der Waals surface area contributed by atoms with Gasteiger partial charge in [0.15, 0.2) is 0 Å². The van der Waals surface area contributed by atoms with Gasteiger partial charge in [-0.3, -0.25) is 4.79 Å². The maximum Gasteiger partial charge on any atom is 0.410 e. The molecule has 1 atom stereocenters. The Kier molecular flexibility index (Phi) is 6.91. The number of aryl methyl sites for hydroxylation is 1. The van der Waals surface area contributed by atoms with Crippen molar-refractivity contribution in [2.45, 2.75) is 19.4 Å². The normalized spacial score (nSPS) is 15.5. The molecule has 1 saturated heterocycles. The van der Waals surface area contributed by atoms with Crippen LogP contribution in [0.4, 0.5) is 22.4 Å². The lowest BCUT2D eigenvalue weighted by molar-refractivity contribution is 0.1000. The van der Waals surface area contributed by atoms with Crippen molar-refractivity contribution in [2.24, 2.45) is 5.73 Å². The number of hydrogen-bond acceptors (Lipinski definition) is 8. The molecule has 1 fully saturated rings. The third kappa shape index (κ3) is 5.40. The number of ether oxygens (including phenoxy) is 1. The van der Waals surface area contributed by atoms with Crippen molar-refractivity contribution in [3.05, 3.63) is 47.3 Å². The van der Waals surface area contributed by atoms with Crippen molar-refractivity contribution in [1.82, 2.24) is 19.9 Å². The van der Waals surface area contributed by atoms with Crippen LogP contribution in [0.2, 0.25) is 5.28 Å². The quantitative estimate of drug-likeness (QED) is 0.622. The summed E-state index contributed by atoms with van der Waals surface area (Å²) < 4.78 is 5.10. The predicted octanol–water partition coefficient (Wildman–Crippen LogP) is 2.51. The van der Waals surface area contributed by atoms with E-state index in [0.29, 0.717) is 30.3 Å². The number of likely N-dealkylation sites (N-methyl/N-ethyl adjacent to an activating group) is 1. The number of carbonyl (C=O) groups is 2. The van der Waals surface area contributed by atoms with E-state index in [1.54, 1.807) is 23.1 Å². The number of nitrogens with two attached hydrogens (primary N) is 1. The number of nitrogens with one attached hydrogen (secondary N) is 1. The van der Waals surface area contributed by atoms with Crippen LogP contribution in [-0.2, 0) is 4.74 Å². The first-order chi connectivity index (χ1) is 14.8. The van der Waals surface area contributed by atoms with E-state index >= 15 is 0 Å². The van der Waals surface area contributed by atoms with Crippen molar-refractivity contribution >= 4 is 41.2 Å². The van der Waals surface area contributed by atoms with Crippen molar-refractivity contribution < 1.29 is 14.3 Å². The van der Waals surface area contributed by atoms with E-state index in [-0.39, 0.29) is 30.0 Å². The summed E-state index contributed by atoms with van der Waals surface area (Å²) in [4.78, 5) is 39.8. The van der Waals surface area contributed by atoms with Gasteiger partial charge < -0.3 is 25.6 Å². The van der Waals surface area contributed by atoms with E-state index < -0.39 is 5.91 Å². The molecule has 3 N–H and O–H groups in total. The summed E-state index contributed by atoms with van der Waals surface area (Å²) in [5, 5.41) is 3.09. The number of anilines is 3. The molecule has 0 aliphatic carbocycles. The molecule has 164 valence electrons. The third-order valence-electron chi connectivity index (χ3n) is 4.97. The van der Waals surface area contributed by atoms with Crippen LogP contribution in [0, 0.1) is 6.92 Å². The monoisotopic (exact) mass is 445 g/mol. The largest absolute Gasteiger partial charge is 0.445 e. The molecule has 11 heteroatoms. The second-order valence-corrected chi connectivity index (χ2v) is 7.45. The number of nitrogens with zero attached hydrogens (tertiary/aromatic N) is 5. The second kappa shape index (κ2) is 9.61. The minimum Gasteiger partial charge on any atom is -0.445 e. The Morgan fingerprint density at radius 2 is 2.19 bits per heavy atom. The number of halogens is 1. The van der Waals surface area contributed by atoms with Crippen molar-refractivity contribution in [2.75, 3.05) is 37.0 Å². The lowest BCUT2D eigenvalue weighted by atomic mass is 10.1. The van der Waals surface area contributed by atoms with E-state index in [4.69, 9.17) is 22.1 Å². The number of hydrogen-bond donors (Lipinski definition) is 2. The highest BCUT2D eigenvalue weighted by Gasteiger charge is 2.31. The van der Waals surface area contributed by atoms with Gasteiger partial charge in [0.1, 0.15) is 6.61 Å². The number of amides is 2. The molecule has 0 saturated carbocycles. The van der Waals surface area contributed by atoms with Gasteiger partial charge in [-0.05, 0) is 42.6 Å². The first kappa shape index (κ1) is 22.3. The lowest BCUT2D eigenvalue weighted by Gasteiger charge is -2.25. The molecule has 1 aliphatic heterocycles. The lowest BCUT2D eigenvalue weighted by Crippen LogP contribution is -2.37. The van der Waals surface area contributed by atoms with Crippen LogP contribution in [0.3, 0.4) is 0 Å². The SMILES string of the molecule is C=CCOC(=O)N1CC[C@@H](N(C)c2nc(Cl)nc(Nc3cc(C(N)=O)ccc3C)n2)C1. The standard InChI is InChI=1S/C20H24ClN7O3/c1-4-9-31-20(30)28-8-7-14(11-28)27(3)19-25-17(21)24-18(26-19)23-15-10-13(16(22)29)6-5-12(15)2/h4-6,10,14H,1,7-9,11H2,2-3H3,(H2,22,29)(H,23,24,25,26)/t14-/m1/s1. The molecule has 0 bridgehead atoms. The smallest absolute Gasteiger partial charge is 0.410 e. The second-order valence-electron chi connectivity index (χ2n) is 7.11. The fraction of sp³-hybridized carbons (Fsp3) is 0.350. The summed E-state index contributed by atoms with van der Waals surface area (Å²) in [7, 11) is 1.83. The predicted molar refractivity (Wildman–Crippen MR) is 118 cm³/mol. The molecular formula is C20H24ClN7O3. The summed E-state index contributed by atoms with van der Waals surface area (Å²) in [5.41, 5.74) is 7.23. The van der Waals surface area contributed by atoms with Gasteiger partial charge in [-0.2, -0.15) is 15.0 Å². The highest BCUT2D eigenvalue weighted by Crippen LogP contribution is 2.24. The maximum absolute atomic E-state index is 12.1. The number of carbonyl (C=O) groups excluding carboxylic acids is 2. The van der Waals surface area contributed by atoms with E-state index in [1.807, 2.05) is 18.9 Å². The third-order valence-corrected chi connectivity index (χ3v) is 5.14. The van der Waals surface area contributed by atoms with E-state index in [9.17, 15) is 9.59 Å². The first-order valence-electron chi connectivity index (χ1n) is 9.63. The molecule has 3 rings (SSSR count). The summed E-state index contributed by atoms with van der Waals surface area (Å²) in [6.07, 6.45) is 1.88. The Morgan fingerprint density at radius 1 is 1.42 bits per heavy atom. The summed E-state index contributed by atoms with van der Waals surface area (Å²) in [6.45, 7) is 6.62. The average molecular weight is 446 g/mol. The highest BCUT2D eigenvalue weighted by molar-refractivity contribution is 6.28. The number of rotatable bonds is 7. The van der Waals surface area contributed by atoms with Gasteiger partial charge in [-0.15, -0.1) is 0 Å². The van der Waals surface area contributed by atoms with E-state index in [1.165, 1.54) is 6.08 Å². The number of primary amides is 1. The topological polar surface area (TPSA) is 127 Å². The van der Waals surface area contributed by atoms with E-state index in [0.717, 1.165) is 12.0 Å². The number of likely N-dealkylation sites (tertiary alicyclic amines) is 1. The van der Waals surface area contributed by atoms with Crippen LogP contribution in [0.1, 0.15) is 22.3 Å². The Hall–Kier alpha value is -3.40. The summed E-state index contributed by atoms with van der Waals surface area (Å²) in [6, 6.07) is 5.04. The molecule has 2 heterocycles. The van der Waals surface area contributed by atoms with Crippen molar-refractivity contribution in [1.29, 1.82) is 0 Å². The molecule has 1 aliphatic rings. The number of benzene rings is 1. The highest BCUT2D eigenvalue weighted by atomic mass is 35.5. The van der Waals surface area contributed by atoms with Gasteiger partial charge >= 0.3 is 6.09 Å². The summed E-state index contributed by atoms with van der Waals surface area (Å²) in [5.74, 6) is 0.0545. The zero-order chi connectivity index (χ0) is 22.5. The Labute approximate surface area is 185 Å². The van der Waals surface area contributed by atoms with Gasteiger partial charge in [-0.1, -0.05) is 18.7 Å². The van der Waals surface area contributed by atoms with Crippen LogP contribution in [0.15, 0.2) is 30.9 Å². The fourth-order valence-corrected chi connectivity index (χ4v) is 3.35. The van der Waals surface area contributed by atoms with Gasteiger partial charge in [-0.25, -0.2) is 4.79 Å². The fourth-order valence-electron chi connectivity index (χ4n) is 3.19. The molecule has 0 unspecified atom stereocenters. The first-order valence-corrected chi connectivity index (χ1v) is 10.0. The molecule has 2 aromatic rings. The molecule has 1 aromatic carbocycles. The number of aromatic nitrogens is 3. The van der Waals surface area contributed by atoms with E-state index in [2.05, 4.69) is 26.8 Å². The van der Waals surface area contributed by atoms with Gasteiger partial charge in [0.2, 0.25) is 23.1 Å². The zero-order valence-electron chi connectivity index (χ0n) is 17.3. The molecule has 2 amide bonds. The molecular weight excluding hydrogens is 422 g/mol. The van der Waals surface area contributed by atoms with Crippen molar-refractivity contribution in [3.63, 3.8) is 0 Å². The maximum atomic E-state index is 12.1. The molecule has 1 aromatic heterocycles. The van der Waals surface area contributed by atoms with Crippen LogP contribution < -0.4 is 16.0 Å². The average Bonchev–Trinajstić information content (AvgIpc) is 3.22. The Bertz CT molecular complexity index is 1000. The Morgan fingerprint density at radius 3 is 2.90 bits per heavy atom. The molecule has 0 radical (unpaired) electrons. The van der Waals surface area contributed by atoms with Crippen LogP contribution in [-0.4, -0.2) is 64.6 Å². The van der Waals surface area contributed by atoms with Gasteiger partial charge in [0.25, 0.3) is 0 Å². The Balaban J connectivity index is 1.75. The minimum atomic E-state index is -0.533. The zero-order valence-corrected chi connectivity index (χ0v) is 18.1. The molecule has 10 nitrogen and oxygen atoms in total. The van der Waals surface area contributed by atoms with Crippen LogP contribution >= 0.6 is 11.6 Å². The van der Waals surface area contributed by atoms with Gasteiger partial charge in [0, 0.05) is 31.4 Å². The molecule has 31 heavy (non-hydrogen) atoms.